The van der Waals surface area contributed by atoms with E-state index in [4.69, 9.17) is 4.74 Å². The van der Waals surface area contributed by atoms with Crippen LogP contribution in [-0.4, -0.2) is 67.9 Å². The maximum Gasteiger partial charge on any atom is 0.471 e. The number of unbranched alkanes of at least 4 members (excludes halogenated alkanes) is 2. The lowest BCUT2D eigenvalue weighted by Crippen LogP contribution is -2.40. The van der Waals surface area contributed by atoms with Crippen molar-refractivity contribution in [3.63, 3.8) is 0 Å². The maximum atomic E-state index is 12.1. The van der Waals surface area contributed by atoms with Gasteiger partial charge < -0.3 is 20.3 Å². The second-order valence-corrected chi connectivity index (χ2v) is 6.02. The third-order valence-electron chi connectivity index (χ3n) is 3.53. The van der Waals surface area contributed by atoms with Gasteiger partial charge in [-0.1, -0.05) is 13.3 Å². The molecule has 170 valence electrons. The molecule has 3 amide bonds. The second-order valence-electron chi connectivity index (χ2n) is 6.02. The van der Waals surface area contributed by atoms with Crippen molar-refractivity contribution < 1.29 is 45.5 Å². The van der Waals surface area contributed by atoms with E-state index in [1.165, 1.54) is 4.90 Å². The number of halogens is 6. The van der Waals surface area contributed by atoms with Crippen LogP contribution in [0.5, 0.6) is 0 Å². The third-order valence-corrected chi connectivity index (χ3v) is 3.53. The Labute approximate surface area is 164 Å². The first-order valence-corrected chi connectivity index (χ1v) is 9.01. The molecule has 0 aromatic carbocycles. The molecule has 0 aromatic rings. The zero-order chi connectivity index (χ0) is 22.5. The van der Waals surface area contributed by atoms with Crippen molar-refractivity contribution in [3.8, 4) is 0 Å². The summed E-state index contributed by atoms with van der Waals surface area (Å²) in [6.45, 7) is 1.51. The van der Waals surface area contributed by atoms with Crippen LogP contribution in [0, 0.1) is 0 Å². The average Bonchev–Trinajstić information content (AvgIpc) is 2.61. The lowest BCUT2D eigenvalue weighted by Gasteiger charge is -2.22. The Bertz CT molecular complexity index is 526. The molecule has 2 N–H and O–H groups in total. The van der Waals surface area contributed by atoms with E-state index in [0.717, 1.165) is 6.42 Å². The molecule has 0 aliphatic rings. The van der Waals surface area contributed by atoms with Gasteiger partial charge in [-0.25, -0.2) is 4.79 Å². The lowest BCUT2D eigenvalue weighted by atomic mass is 10.2. The maximum absolute atomic E-state index is 12.1. The summed E-state index contributed by atoms with van der Waals surface area (Å²) in [5, 5.41) is 3.37. The van der Waals surface area contributed by atoms with Crippen LogP contribution in [0.25, 0.3) is 0 Å². The monoisotopic (exact) mass is 437 g/mol. The summed E-state index contributed by atoms with van der Waals surface area (Å²) in [4.78, 5) is 34.6. The van der Waals surface area contributed by atoms with Crippen molar-refractivity contribution in [1.82, 2.24) is 15.5 Å². The number of carbonyl (C=O) groups is 3. The molecule has 0 heterocycles. The molecule has 0 aliphatic carbocycles. The molecule has 0 saturated carbocycles. The summed E-state index contributed by atoms with van der Waals surface area (Å²) in [7, 11) is 0. The highest BCUT2D eigenvalue weighted by Crippen LogP contribution is 2.14. The first kappa shape index (κ1) is 26.8. The van der Waals surface area contributed by atoms with Gasteiger partial charge in [0.25, 0.3) is 0 Å². The Morgan fingerprint density at radius 2 is 1.28 bits per heavy atom. The van der Waals surface area contributed by atoms with E-state index in [-0.39, 0.29) is 52.0 Å². The Kier molecular flexibility index (Phi) is 12.1. The number of hydrogen-bond donors (Lipinski definition) is 2. The van der Waals surface area contributed by atoms with Gasteiger partial charge in [0.15, 0.2) is 0 Å². The van der Waals surface area contributed by atoms with E-state index >= 15 is 0 Å². The predicted octanol–water partition coefficient (Wildman–Crippen LogP) is 2.75. The Balaban J connectivity index is 4.38. The lowest BCUT2D eigenvalue weighted by molar-refractivity contribution is -0.173. The number of nitrogens with zero attached hydrogens (tertiary/aromatic N) is 1. The van der Waals surface area contributed by atoms with Crippen LogP contribution in [0.2, 0.25) is 0 Å². The highest BCUT2D eigenvalue weighted by atomic mass is 19.4. The predicted molar refractivity (Wildman–Crippen MR) is 89.8 cm³/mol. The number of hydrogen-bond acceptors (Lipinski definition) is 4. The molecule has 7 nitrogen and oxygen atoms in total. The highest BCUT2D eigenvalue weighted by Gasteiger charge is 2.38. The molecule has 0 radical (unpaired) electrons. The minimum Gasteiger partial charge on any atom is -0.449 e. The molecule has 0 fully saturated rings. The fourth-order valence-corrected chi connectivity index (χ4v) is 1.99. The van der Waals surface area contributed by atoms with Crippen molar-refractivity contribution in [2.75, 3.05) is 32.8 Å². The zero-order valence-corrected chi connectivity index (χ0v) is 15.9. The number of ether oxygens (including phenoxy) is 1. The smallest absolute Gasteiger partial charge is 0.449 e. The highest BCUT2D eigenvalue weighted by molar-refractivity contribution is 5.81. The van der Waals surface area contributed by atoms with E-state index in [9.17, 15) is 40.7 Å². The summed E-state index contributed by atoms with van der Waals surface area (Å²) < 4.78 is 77.5. The minimum atomic E-state index is -5.00. The molecular formula is C16H25F6N3O4. The molecule has 29 heavy (non-hydrogen) atoms. The molecule has 0 rings (SSSR count). The summed E-state index contributed by atoms with van der Waals surface area (Å²) >= 11 is 0. The Morgan fingerprint density at radius 1 is 0.793 bits per heavy atom. The standard InChI is InChI=1S/C16H25F6N3O4/c1-2-3-11-29-14(28)25(10-6-8-24-13(27)16(20,21)22)9-5-4-7-23-12(26)15(17,18)19/h2-11H2,1H3,(H,23,26)(H,24,27). The molecule has 0 unspecified atom stereocenters. The number of carbonyl (C=O) groups excluding carboxylic acids is 3. The molecule has 0 saturated heterocycles. The van der Waals surface area contributed by atoms with E-state index in [0.29, 0.717) is 6.42 Å². The van der Waals surface area contributed by atoms with Gasteiger partial charge >= 0.3 is 30.3 Å². The van der Waals surface area contributed by atoms with Crippen LogP contribution in [0.15, 0.2) is 0 Å². The number of nitrogens with one attached hydrogen (secondary N) is 2. The van der Waals surface area contributed by atoms with Crippen LogP contribution in [0.4, 0.5) is 31.1 Å². The molecule has 13 heteroatoms. The topological polar surface area (TPSA) is 87.7 Å². The summed E-state index contributed by atoms with van der Waals surface area (Å²) in [6, 6.07) is 0. The van der Waals surface area contributed by atoms with Crippen molar-refractivity contribution >= 4 is 17.9 Å². The number of rotatable bonds is 12. The molecule has 0 aliphatic heterocycles. The van der Waals surface area contributed by atoms with Gasteiger partial charge in [0.2, 0.25) is 0 Å². The average molecular weight is 437 g/mol. The van der Waals surface area contributed by atoms with Crippen molar-refractivity contribution in [2.24, 2.45) is 0 Å². The van der Waals surface area contributed by atoms with Gasteiger partial charge in [-0.05, 0) is 25.7 Å². The molecule has 0 atom stereocenters. The largest absolute Gasteiger partial charge is 0.471 e. The normalized spacial score (nSPS) is 11.7. The van der Waals surface area contributed by atoms with Crippen LogP contribution < -0.4 is 10.6 Å². The van der Waals surface area contributed by atoms with Crippen LogP contribution in [0.3, 0.4) is 0 Å². The van der Waals surface area contributed by atoms with E-state index in [1.807, 2.05) is 6.92 Å². The molecule has 0 spiro atoms. The van der Waals surface area contributed by atoms with Crippen molar-refractivity contribution in [1.29, 1.82) is 0 Å². The van der Waals surface area contributed by atoms with Crippen LogP contribution >= 0.6 is 0 Å². The zero-order valence-electron chi connectivity index (χ0n) is 15.9. The van der Waals surface area contributed by atoms with Gasteiger partial charge in [0.05, 0.1) is 6.61 Å². The van der Waals surface area contributed by atoms with Crippen molar-refractivity contribution in [2.45, 2.75) is 51.4 Å². The van der Waals surface area contributed by atoms with Crippen LogP contribution in [0.1, 0.15) is 39.0 Å². The Morgan fingerprint density at radius 3 is 1.76 bits per heavy atom. The first-order valence-electron chi connectivity index (χ1n) is 9.01. The summed E-state index contributed by atoms with van der Waals surface area (Å²) in [5.74, 6) is -4.15. The number of amides is 3. The third kappa shape index (κ3) is 12.8. The fourth-order valence-electron chi connectivity index (χ4n) is 1.99. The van der Waals surface area contributed by atoms with E-state index in [1.54, 1.807) is 10.6 Å². The number of alkyl halides is 6. The van der Waals surface area contributed by atoms with Crippen LogP contribution in [-0.2, 0) is 14.3 Å². The second kappa shape index (κ2) is 13.1. The van der Waals surface area contributed by atoms with Gasteiger partial charge in [0.1, 0.15) is 0 Å². The fraction of sp³-hybridized carbons (Fsp3) is 0.812. The SMILES string of the molecule is CCCCOC(=O)N(CCCCNC(=O)C(F)(F)F)CCCNC(=O)C(F)(F)F. The van der Waals surface area contributed by atoms with E-state index < -0.39 is 30.3 Å². The van der Waals surface area contributed by atoms with E-state index in [2.05, 4.69) is 0 Å². The van der Waals surface area contributed by atoms with Gasteiger partial charge in [0, 0.05) is 26.2 Å². The van der Waals surface area contributed by atoms with Crippen molar-refractivity contribution in [3.05, 3.63) is 0 Å². The molecular weight excluding hydrogens is 412 g/mol. The molecule has 0 bridgehead atoms. The van der Waals surface area contributed by atoms with Gasteiger partial charge in [-0.3, -0.25) is 9.59 Å². The minimum absolute atomic E-state index is 0.0159. The quantitative estimate of drug-likeness (QED) is 0.363. The Hall–Kier alpha value is -2.21. The summed E-state index contributed by atoms with van der Waals surface area (Å²) in [6.07, 6.45) is -8.90. The molecule has 0 aromatic heterocycles. The summed E-state index contributed by atoms with van der Waals surface area (Å²) in [5.41, 5.74) is 0. The first-order chi connectivity index (χ1) is 13.4. The van der Waals surface area contributed by atoms with Gasteiger partial charge in [-0.2, -0.15) is 26.3 Å². The van der Waals surface area contributed by atoms with Gasteiger partial charge in [-0.15, -0.1) is 0 Å².